The van der Waals surface area contributed by atoms with Gasteiger partial charge in [-0.2, -0.15) is 5.26 Å². The van der Waals surface area contributed by atoms with E-state index in [0.717, 1.165) is 27.9 Å². The van der Waals surface area contributed by atoms with Crippen LogP contribution in [0.2, 0.25) is 0 Å². The molecule has 2 heterocycles. The highest BCUT2D eigenvalue weighted by Gasteiger charge is 2.37. The molecule has 1 aliphatic heterocycles. The number of H-pyrrole nitrogens is 1. The number of allylic oxidation sites excluding steroid dienone is 1. The summed E-state index contributed by atoms with van der Waals surface area (Å²) in [6.07, 6.45) is 0. The van der Waals surface area contributed by atoms with Crippen LogP contribution in [-0.4, -0.2) is 10.2 Å². The van der Waals surface area contributed by atoms with Gasteiger partial charge >= 0.3 is 0 Å². The van der Waals surface area contributed by atoms with Gasteiger partial charge in [0.2, 0.25) is 11.8 Å². The molecule has 3 aromatic rings. The highest BCUT2D eigenvalue weighted by atomic mass is 16.5. The second-order valence-corrected chi connectivity index (χ2v) is 7.98. The first kappa shape index (κ1) is 17.9. The summed E-state index contributed by atoms with van der Waals surface area (Å²) in [6, 6.07) is 20.7. The number of benzene rings is 2. The van der Waals surface area contributed by atoms with Crippen LogP contribution < -0.4 is 10.5 Å². The highest BCUT2D eigenvalue weighted by molar-refractivity contribution is 5.65. The number of aromatic amines is 1. The quantitative estimate of drug-likeness (QED) is 0.690. The molecule has 0 saturated carbocycles. The first-order chi connectivity index (χ1) is 13.4. The summed E-state index contributed by atoms with van der Waals surface area (Å²) in [5, 5.41) is 17.2. The summed E-state index contributed by atoms with van der Waals surface area (Å²) >= 11 is 0. The minimum atomic E-state index is -0.313. The van der Waals surface area contributed by atoms with Crippen LogP contribution in [0, 0.1) is 11.3 Å². The number of nitriles is 1. The van der Waals surface area contributed by atoms with Gasteiger partial charge in [0.1, 0.15) is 11.6 Å². The molecule has 1 aromatic heterocycles. The zero-order chi connectivity index (χ0) is 19.9. The van der Waals surface area contributed by atoms with Gasteiger partial charge in [0.25, 0.3) is 0 Å². The Bertz CT molecular complexity index is 1080. The molecule has 2 aromatic carbocycles. The van der Waals surface area contributed by atoms with Gasteiger partial charge in [0.05, 0.1) is 11.5 Å². The van der Waals surface area contributed by atoms with Crippen molar-refractivity contribution < 1.29 is 4.74 Å². The van der Waals surface area contributed by atoms with Crippen molar-refractivity contribution >= 4 is 0 Å². The molecule has 3 N–H and O–H groups in total. The molecule has 4 rings (SSSR count). The maximum Gasteiger partial charge on any atom is 0.244 e. The van der Waals surface area contributed by atoms with Crippen LogP contribution in [0.25, 0.3) is 11.1 Å². The van der Waals surface area contributed by atoms with E-state index in [-0.39, 0.29) is 17.2 Å². The molecule has 0 fully saturated rings. The lowest BCUT2D eigenvalue weighted by atomic mass is 9.78. The fraction of sp³-hybridized carbons (Fsp3) is 0.217. The Labute approximate surface area is 164 Å². The van der Waals surface area contributed by atoms with Gasteiger partial charge in [-0.25, -0.2) is 0 Å². The van der Waals surface area contributed by atoms with E-state index in [0.29, 0.717) is 11.5 Å². The normalized spacial score (nSPS) is 16.3. The van der Waals surface area contributed by atoms with E-state index in [1.165, 1.54) is 0 Å². The standard InChI is InChI=1S/C23H22N4O/c1-23(2,3)20-19-18(17(13-24)21(25)28-22(19)27-26-20)16-11-9-15(10-12-16)14-7-5-4-6-8-14/h4-12,18H,25H2,1-3H3,(H,26,27)/t18-/m1/s1. The molecule has 5 nitrogen and oxygen atoms in total. The SMILES string of the molecule is CC(C)(C)c1[nH]nc2c1[C@H](c1ccc(-c3ccccc3)cc1)C(C#N)=C(N)O2. The number of aromatic nitrogens is 2. The molecule has 140 valence electrons. The summed E-state index contributed by atoms with van der Waals surface area (Å²) in [4.78, 5) is 0. The predicted molar refractivity (Wildman–Crippen MR) is 108 cm³/mol. The third kappa shape index (κ3) is 2.93. The Morgan fingerprint density at radius 2 is 1.68 bits per heavy atom. The second-order valence-electron chi connectivity index (χ2n) is 7.98. The number of hydrogen-bond donors (Lipinski definition) is 2. The Morgan fingerprint density at radius 1 is 1.04 bits per heavy atom. The van der Waals surface area contributed by atoms with Gasteiger partial charge < -0.3 is 10.5 Å². The molecule has 0 spiro atoms. The van der Waals surface area contributed by atoms with E-state index >= 15 is 0 Å². The van der Waals surface area contributed by atoms with Gasteiger partial charge in [0, 0.05) is 11.1 Å². The van der Waals surface area contributed by atoms with Gasteiger partial charge in [-0.15, -0.1) is 5.10 Å². The molecule has 0 aliphatic carbocycles. The summed E-state index contributed by atoms with van der Waals surface area (Å²) in [6.45, 7) is 6.30. The molecule has 0 saturated heterocycles. The van der Waals surface area contributed by atoms with Crippen molar-refractivity contribution in [1.29, 1.82) is 5.26 Å². The maximum atomic E-state index is 9.78. The molecule has 0 unspecified atom stereocenters. The topological polar surface area (TPSA) is 87.7 Å². The smallest absolute Gasteiger partial charge is 0.244 e. The van der Waals surface area contributed by atoms with Gasteiger partial charge in [-0.1, -0.05) is 75.4 Å². The largest absolute Gasteiger partial charge is 0.420 e. The number of rotatable bonds is 2. The molecular formula is C23H22N4O. The van der Waals surface area contributed by atoms with Gasteiger partial charge in [0.15, 0.2) is 0 Å². The van der Waals surface area contributed by atoms with E-state index < -0.39 is 0 Å². The minimum absolute atomic E-state index is 0.110. The number of hydrogen-bond acceptors (Lipinski definition) is 4. The van der Waals surface area contributed by atoms with Crippen molar-refractivity contribution in [3.8, 4) is 23.1 Å². The van der Waals surface area contributed by atoms with E-state index in [9.17, 15) is 5.26 Å². The molecule has 0 amide bonds. The Balaban J connectivity index is 1.84. The summed E-state index contributed by atoms with van der Waals surface area (Å²) < 4.78 is 5.65. The van der Waals surface area contributed by atoms with Gasteiger partial charge in [-0.05, 0) is 16.7 Å². The fourth-order valence-corrected chi connectivity index (χ4v) is 3.65. The van der Waals surface area contributed by atoms with Crippen molar-refractivity contribution in [1.82, 2.24) is 10.2 Å². The molecule has 5 heteroatoms. The molecule has 1 aliphatic rings. The second kappa shape index (κ2) is 6.58. The van der Waals surface area contributed by atoms with Crippen LogP contribution in [-0.2, 0) is 5.41 Å². The van der Waals surface area contributed by atoms with Gasteiger partial charge in [-0.3, -0.25) is 5.10 Å². The van der Waals surface area contributed by atoms with Crippen LogP contribution in [0.4, 0.5) is 0 Å². The Kier molecular flexibility index (Phi) is 4.20. The van der Waals surface area contributed by atoms with Crippen LogP contribution in [0.3, 0.4) is 0 Å². The van der Waals surface area contributed by atoms with Crippen LogP contribution >= 0.6 is 0 Å². The lowest BCUT2D eigenvalue weighted by Gasteiger charge is -2.27. The molecular weight excluding hydrogens is 348 g/mol. The number of ether oxygens (including phenoxy) is 1. The van der Waals surface area contributed by atoms with E-state index in [1.807, 2.05) is 30.3 Å². The average molecular weight is 370 g/mol. The summed E-state index contributed by atoms with van der Waals surface area (Å²) in [7, 11) is 0. The third-order valence-electron chi connectivity index (χ3n) is 5.04. The van der Waals surface area contributed by atoms with Crippen LogP contribution in [0.1, 0.15) is 43.5 Å². The molecule has 0 bridgehead atoms. The molecule has 28 heavy (non-hydrogen) atoms. The zero-order valence-corrected chi connectivity index (χ0v) is 16.2. The maximum absolute atomic E-state index is 9.78. The summed E-state index contributed by atoms with van der Waals surface area (Å²) in [5.74, 6) is 0.240. The van der Waals surface area contributed by atoms with Crippen LogP contribution in [0.5, 0.6) is 5.88 Å². The van der Waals surface area contributed by atoms with Crippen molar-refractivity contribution in [2.24, 2.45) is 5.73 Å². The number of nitrogens with two attached hydrogens (primary N) is 1. The first-order valence-electron chi connectivity index (χ1n) is 9.22. The monoisotopic (exact) mass is 370 g/mol. The molecule has 1 atom stereocenters. The predicted octanol–water partition coefficient (Wildman–Crippen LogP) is 4.59. The Morgan fingerprint density at radius 3 is 2.29 bits per heavy atom. The first-order valence-corrected chi connectivity index (χ1v) is 9.22. The lowest BCUT2D eigenvalue weighted by molar-refractivity contribution is 0.378. The van der Waals surface area contributed by atoms with Crippen molar-refractivity contribution in [3.63, 3.8) is 0 Å². The lowest BCUT2D eigenvalue weighted by Crippen LogP contribution is -2.23. The van der Waals surface area contributed by atoms with Crippen LogP contribution in [0.15, 0.2) is 66.1 Å². The van der Waals surface area contributed by atoms with E-state index in [2.05, 4.69) is 61.3 Å². The average Bonchev–Trinajstić information content (AvgIpc) is 3.11. The number of nitrogens with zero attached hydrogens (tertiary/aromatic N) is 2. The fourth-order valence-electron chi connectivity index (χ4n) is 3.65. The zero-order valence-electron chi connectivity index (χ0n) is 16.2. The molecule has 0 radical (unpaired) electrons. The number of fused-ring (bicyclic) bond motifs is 1. The summed E-state index contributed by atoms with van der Waals surface area (Å²) in [5.41, 5.74) is 11.4. The van der Waals surface area contributed by atoms with E-state index in [4.69, 9.17) is 10.5 Å². The van der Waals surface area contributed by atoms with Crippen molar-refractivity contribution in [3.05, 3.63) is 82.9 Å². The Hall–Kier alpha value is -3.52. The van der Waals surface area contributed by atoms with E-state index in [1.54, 1.807) is 0 Å². The number of nitrogens with one attached hydrogen (secondary N) is 1. The van der Waals surface area contributed by atoms with Crippen molar-refractivity contribution in [2.45, 2.75) is 32.1 Å². The third-order valence-corrected chi connectivity index (χ3v) is 5.04. The minimum Gasteiger partial charge on any atom is -0.420 e. The highest BCUT2D eigenvalue weighted by Crippen LogP contribution is 2.45. The van der Waals surface area contributed by atoms with Crippen molar-refractivity contribution in [2.75, 3.05) is 0 Å².